The van der Waals surface area contributed by atoms with Crippen LogP contribution in [0, 0.1) is 5.41 Å². The van der Waals surface area contributed by atoms with Crippen LogP contribution in [0.25, 0.3) is 0 Å². The van der Waals surface area contributed by atoms with Gasteiger partial charge in [-0.2, -0.15) is 0 Å². The number of unbranched alkanes of at least 4 members (excludes halogenated alkanes) is 5. The van der Waals surface area contributed by atoms with Crippen molar-refractivity contribution in [1.82, 2.24) is 5.32 Å². The molecule has 0 rings (SSSR count). The third-order valence-corrected chi connectivity index (χ3v) is 2.76. The van der Waals surface area contributed by atoms with Gasteiger partial charge in [0, 0.05) is 0 Å². The summed E-state index contributed by atoms with van der Waals surface area (Å²) in [5, 5.41) is 3.53. The lowest BCUT2D eigenvalue weighted by Gasteiger charge is -2.17. The van der Waals surface area contributed by atoms with Crippen molar-refractivity contribution in [3.8, 4) is 0 Å². The van der Waals surface area contributed by atoms with E-state index in [-0.39, 0.29) is 0 Å². The molecule has 0 atom stereocenters. The van der Waals surface area contributed by atoms with Gasteiger partial charge in [0.15, 0.2) is 0 Å². The minimum Gasteiger partial charge on any atom is -0.317 e. The molecule has 0 saturated carbocycles. The van der Waals surface area contributed by atoms with Crippen LogP contribution < -0.4 is 5.32 Å². The number of hydrogen-bond acceptors (Lipinski definition) is 1. The van der Waals surface area contributed by atoms with Gasteiger partial charge in [0.25, 0.3) is 0 Å². The molecule has 0 fully saturated rings. The van der Waals surface area contributed by atoms with E-state index in [0.29, 0.717) is 5.41 Å². The summed E-state index contributed by atoms with van der Waals surface area (Å²) >= 11 is 0. The molecule has 0 spiro atoms. The zero-order chi connectivity index (χ0) is 11.6. The molecule has 92 valence electrons. The molecule has 1 heteroatoms. The molecule has 0 aromatic rings. The van der Waals surface area contributed by atoms with E-state index in [1.165, 1.54) is 58.0 Å². The summed E-state index contributed by atoms with van der Waals surface area (Å²) in [6, 6.07) is 0. The molecule has 0 aliphatic carbocycles. The molecule has 0 radical (unpaired) electrons. The van der Waals surface area contributed by atoms with Crippen molar-refractivity contribution in [3.63, 3.8) is 0 Å². The average molecular weight is 213 g/mol. The molecule has 0 heterocycles. The standard InChI is InChI=1S/C14H31N/c1-5-6-7-8-9-10-12-15-13-11-14(2,3)4/h15H,5-13H2,1-4H3. The largest absolute Gasteiger partial charge is 0.317 e. The topological polar surface area (TPSA) is 12.0 Å². The summed E-state index contributed by atoms with van der Waals surface area (Å²) in [5.41, 5.74) is 0.480. The summed E-state index contributed by atoms with van der Waals surface area (Å²) in [6.07, 6.45) is 9.66. The summed E-state index contributed by atoms with van der Waals surface area (Å²) in [5.74, 6) is 0. The predicted octanol–water partition coefficient (Wildman–Crippen LogP) is 4.37. The molecular formula is C14H31N. The quantitative estimate of drug-likeness (QED) is 0.561. The second-order valence-electron chi connectivity index (χ2n) is 5.83. The number of nitrogens with one attached hydrogen (secondary N) is 1. The normalized spacial score (nSPS) is 12.0. The predicted molar refractivity (Wildman–Crippen MR) is 70.3 cm³/mol. The van der Waals surface area contributed by atoms with E-state index in [4.69, 9.17) is 0 Å². The Morgan fingerprint density at radius 2 is 1.40 bits per heavy atom. The Bertz CT molecular complexity index is 124. The third-order valence-electron chi connectivity index (χ3n) is 2.76. The van der Waals surface area contributed by atoms with Gasteiger partial charge >= 0.3 is 0 Å². The van der Waals surface area contributed by atoms with Crippen LogP contribution in [0.4, 0.5) is 0 Å². The van der Waals surface area contributed by atoms with Crippen LogP contribution in [0.5, 0.6) is 0 Å². The van der Waals surface area contributed by atoms with Crippen molar-refractivity contribution in [1.29, 1.82) is 0 Å². The van der Waals surface area contributed by atoms with Crippen LogP contribution in [-0.2, 0) is 0 Å². The van der Waals surface area contributed by atoms with Crippen LogP contribution in [0.2, 0.25) is 0 Å². The first-order valence-corrected chi connectivity index (χ1v) is 6.77. The smallest absolute Gasteiger partial charge is 0.00439 e. The van der Waals surface area contributed by atoms with Gasteiger partial charge in [-0.3, -0.25) is 0 Å². The average Bonchev–Trinajstić information content (AvgIpc) is 2.14. The van der Waals surface area contributed by atoms with E-state index in [0.717, 1.165) is 0 Å². The molecule has 0 aromatic heterocycles. The van der Waals surface area contributed by atoms with Gasteiger partial charge in [0.05, 0.1) is 0 Å². The fourth-order valence-corrected chi connectivity index (χ4v) is 1.62. The fraction of sp³-hybridized carbons (Fsp3) is 1.00. The maximum atomic E-state index is 3.53. The SMILES string of the molecule is CCCCCCCCNCCC(C)(C)C. The minimum atomic E-state index is 0.480. The van der Waals surface area contributed by atoms with Crippen LogP contribution >= 0.6 is 0 Å². The first kappa shape index (κ1) is 15.0. The molecular weight excluding hydrogens is 182 g/mol. The van der Waals surface area contributed by atoms with Gasteiger partial charge in [-0.1, -0.05) is 59.8 Å². The summed E-state index contributed by atoms with van der Waals surface area (Å²) in [4.78, 5) is 0. The van der Waals surface area contributed by atoms with Crippen molar-refractivity contribution in [2.24, 2.45) is 5.41 Å². The van der Waals surface area contributed by atoms with Gasteiger partial charge in [-0.15, -0.1) is 0 Å². The molecule has 0 saturated heterocycles. The summed E-state index contributed by atoms with van der Waals surface area (Å²) in [6.45, 7) is 11.6. The first-order valence-electron chi connectivity index (χ1n) is 6.77. The molecule has 0 unspecified atom stereocenters. The number of hydrogen-bond donors (Lipinski definition) is 1. The second-order valence-corrected chi connectivity index (χ2v) is 5.83. The fourth-order valence-electron chi connectivity index (χ4n) is 1.62. The van der Waals surface area contributed by atoms with Crippen molar-refractivity contribution in [3.05, 3.63) is 0 Å². The maximum Gasteiger partial charge on any atom is -0.00439 e. The molecule has 0 aliphatic rings. The van der Waals surface area contributed by atoms with Crippen LogP contribution in [0.1, 0.15) is 72.6 Å². The highest BCUT2D eigenvalue weighted by Gasteiger charge is 2.08. The Morgan fingerprint density at radius 3 is 2.00 bits per heavy atom. The molecule has 1 nitrogen and oxygen atoms in total. The third kappa shape index (κ3) is 14.0. The zero-order valence-corrected chi connectivity index (χ0v) is 11.4. The van der Waals surface area contributed by atoms with Crippen molar-refractivity contribution >= 4 is 0 Å². The first-order chi connectivity index (χ1) is 7.06. The summed E-state index contributed by atoms with van der Waals surface area (Å²) in [7, 11) is 0. The lowest BCUT2D eigenvalue weighted by atomic mass is 9.92. The van der Waals surface area contributed by atoms with Crippen molar-refractivity contribution < 1.29 is 0 Å². The molecule has 0 amide bonds. The molecule has 0 aromatic carbocycles. The Balaban J connectivity index is 2.99. The van der Waals surface area contributed by atoms with Crippen molar-refractivity contribution in [2.75, 3.05) is 13.1 Å². The Labute approximate surface area is 97.0 Å². The molecule has 15 heavy (non-hydrogen) atoms. The monoisotopic (exact) mass is 213 g/mol. The zero-order valence-electron chi connectivity index (χ0n) is 11.4. The molecule has 0 bridgehead atoms. The van der Waals surface area contributed by atoms with Crippen LogP contribution in [-0.4, -0.2) is 13.1 Å². The van der Waals surface area contributed by atoms with Crippen molar-refractivity contribution in [2.45, 2.75) is 72.6 Å². The lowest BCUT2D eigenvalue weighted by molar-refractivity contribution is 0.366. The Kier molecular flexibility index (Phi) is 9.18. The highest BCUT2D eigenvalue weighted by Crippen LogP contribution is 2.16. The van der Waals surface area contributed by atoms with Gasteiger partial charge in [0.2, 0.25) is 0 Å². The van der Waals surface area contributed by atoms with Gasteiger partial charge < -0.3 is 5.32 Å². The lowest BCUT2D eigenvalue weighted by Crippen LogP contribution is -2.21. The van der Waals surface area contributed by atoms with E-state index in [2.05, 4.69) is 33.0 Å². The highest BCUT2D eigenvalue weighted by atomic mass is 14.8. The van der Waals surface area contributed by atoms with E-state index in [1.54, 1.807) is 0 Å². The second kappa shape index (κ2) is 9.21. The molecule has 0 aliphatic heterocycles. The number of rotatable bonds is 9. The maximum absolute atomic E-state index is 3.53. The Morgan fingerprint density at radius 1 is 0.800 bits per heavy atom. The van der Waals surface area contributed by atoms with E-state index in [1.807, 2.05) is 0 Å². The minimum absolute atomic E-state index is 0.480. The highest BCUT2D eigenvalue weighted by molar-refractivity contribution is 4.62. The Hall–Kier alpha value is -0.0400. The van der Waals surface area contributed by atoms with Crippen LogP contribution in [0.3, 0.4) is 0 Å². The van der Waals surface area contributed by atoms with E-state index in [9.17, 15) is 0 Å². The molecule has 1 N–H and O–H groups in total. The van der Waals surface area contributed by atoms with Gasteiger partial charge in [-0.05, 0) is 31.3 Å². The van der Waals surface area contributed by atoms with Gasteiger partial charge in [0.1, 0.15) is 0 Å². The van der Waals surface area contributed by atoms with Crippen LogP contribution in [0.15, 0.2) is 0 Å². The van der Waals surface area contributed by atoms with E-state index < -0.39 is 0 Å². The summed E-state index contributed by atoms with van der Waals surface area (Å²) < 4.78 is 0. The van der Waals surface area contributed by atoms with Gasteiger partial charge in [-0.25, -0.2) is 0 Å². The van der Waals surface area contributed by atoms with E-state index >= 15 is 0 Å².